The van der Waals surface area contributed by atoms with Crippen LogP contribution in [0, 0.1) is 17.6 Å². The Labute approximate surface area is 156 Å². The quantitative estimate of drug-likeness (QED) is 0.816. The molecule has 0 aliphatic carbocycles. The van der Waals surface area contributed by atoms with Gasteiger partial charge in [0.25, 0.3) is 0 Å². The summed E-state index contributed by atoms with van der Waals surface area (Å²) < 4.78 is 27.0. The zero-order valence-electron chi connectivity index (χ0n) is 14.8. The van der Waals surface area contributed by atoms with E-state index in [0.29, 0.717) is 13.1 Å². The monoisotopic (exact) mass is 370 g/mol. The fourth-order valence-electron chi connectivity index (χ4n) is 3.96. The van der Waals surface area contributed by atoms with Gasteiger partial charge >= 0.3 is 0 Å². The zero-order chi connectivity index (χ0) is 19.0. The van der Waals surface area contributed by atoms with Crippen LogP contribution in [0.2, 0.25) is 0 Å². The van der Waals surface area contributed by atoms with E-state index in [9.17, 15) is 18.4 Å². The smallest absolute Gasteiger partial charge is 0.228 e. The van der Waals surface area contributed by atoms with Crippen LogP contribution < -0.4 is 4.90 Å². The Morgan fingerprint density at radius 1 is 0.963 bits per heavy atom. The predicted molar refractivity (Wildman–Crippen MR) is 97.2 cm³/mol. The highest BCUT2D eigenvalue weighted by atomic mass is 19.1. The molecule has 0 N–H and O–H groups in total. The minimum absolute atomic E-state index is 0.0597. The van der Waals surface area contributed by atoms with Gasteiger partial charge in [0.2, 0.25) is 11.8 Å². The summed E-state index contributed by atoms with van der Waals surface area (Å²) >= 11 is 0. The molecular formula is C21H20F2N2O2. The molecule has 140 valence electrons. The number of hydrogen-bond donors (Lipinski definition) is 0. The maximum Gasteiger partial charge on any atom is 0.228 e. The molecule has 1 saturated heterocycles. The molecule has 0 bridgehead atoms. The standard InChI is InChI=1S/C21H20F2N2O2/c22-17-10-18(23)12-19(11-17)25-13-16(9-20(25)26)21(27)24-7-5-14-3-1-2-4-15(14)6-8-24/h1-4,10-12,16H,5-9,13H2. The summed E-state index contributed by atoms with van der Waals surface area (Å²) in [6.07, 6.45) is 1.66. The predicted octanol–water partition coefficient (Wildman–Crippen LogP) is 2.95. The summed E-state index contributed by atoms with van der Waals surface area (Å²) in [5, 5.41) is 0. The first-order valence-corrected chi connectivity index (χ1v) is 9.13. The highest BCUT2D eigenvalue weighted by Gasteiger charge is 2.37. The number of carbonyl (C=O) groups is 2. The molecule has 0 aromatic heterocycles. The Morgan fingerprint density at radius 3 is 2.15 bits per heavy atom. The van der Waals surface area contributed by atoms with Gasteiger partial charge in [0.05, 0.1) is 5.92 Å². The maximum absolute atomic E-state index is 13.5. The molecule has 1 unspecified atom stereocenters. The number of rotatable bonds is 2. The van der Waals surface area contributed by atoms with Crippen molar-refractivity contribution in [1.29, 1.82) is 0 Å². The number of fused-ring (bicyclic) bond motifs is 1. The summed E-state index contributed by atoms with van der Waals surface area (Å²) in [5.41, 5.74) is 2.68. The van der Waals surface area contributed by atoms with Gasteiger partial charge in [-0.3, -0.25) is 9.59 Å². The van der Waals surface area contributed by atoms with Crippen molar-refractivity contribution >= 4 is 17.5 Å². The largest absolute Gasteiger partial charge is 0.342 e. The van der Waals surface area contributed by atoms with Gasteiger partial charge in [0, 0.05) is 37.8 Å². The van der Waals surface area contributed by atoms with Crippen molar-refractivity contribution in [2.24, 2.45) is 5.92 Å². The first-order valence-electron chi connectivity index (χ1n) is 9.13. The van der Waals surface area contributed by atoms with Crippen LogP contribution in [-0.4, -0.2) is 36.3 Å². The van der Waals surface area contributed by atoms with E-state index in [4.69, 9.17) is 0 Å². The third-order valence-electron chi connectivity index (χ3n) is 5.37. The van der Waals surface area contributed by atoms with Gasteiger partial charge in [-0.1, -0.05) is 24.3 Å². The van der Waals surface area contributed by atoms with Crippen LogP contribution in [0.4, 0.5) is 14.5 Å². The molecule has 0 radical (unpaired) electrons. The van der Waals surface area contributed by atoms with Gasteiger partial charge < -0.3 is 9.80 Å². The van der Waals surface area contributed by atoms with Crippen molar-refractivity contribution in [3.05, 3.63) is 65.2 Å². The fraction of sp³-hybridized carbons (Fsp3) is 0.333. The van der Waals surface area contributed by atoms with Gasteiger partial charge in [-0.15, -0.1) is 0 Å². The van der Waals surface area contributed by atoms with Crippen LogP contribution in [0.25, 0.3) is 0 Å². The van der Waals surface area contributed by atoms with Gasteiger partial charge in [0.1, 0.15) is 11.6 Å². The van der Waals surface area contributed by atoms with E-state index in [-0.39, 0.29) is 30.5 Å². The Morgan fingerprint density at radius 2 is 1.56 bits per heavy atom. The SMILES string of the molecule is O=C(C1CC(=O)N(c2cc(F)cc(F)c2)C1)N1CCc2ccccc2CC1. The van der Waals surface area contributed by atoms with Gasteiger partial charge in [0.15, 0.2) is 0 Å². The normalized spacial score (nSPS) is 19.8. The third-order valence-corrected chi connectivity index (χ3v) is 5.37. The van der Waals surface area contributed by atoms with Crippen molar-refractivity contribution in [2.45, 2.75) is 19.3 Å². The number of halogens is 2. The number of nitrogens with zero attached hydrogens (tertiary/aromatic N) is 2. The highest BCUT2D eigenvalue weighted by molar-refractivity contribution is 6.00. The lowest BCUT2D eigenvalue weighted by molar-refractivity contribution is -0.135. The van der Waals surface area contributed by atoms with Gasteiger partial charge in [-0.2, -0.15) is 0 Å². The van der Waals surface area contributed by atoms with Crippen LogP contribution in [0.15, 0.2) is 42.5 Å². The molecule has 0 saturated carbocycles. The summed E-state index contributed by atoms with van der Waals surface area (Å²) in [4.78, 5) is 28.4. The van der Waals surface area contributed by atoms with E-state index in [2.05, 4.69) is 12.1 Å². The number of anilines is 1. The lowest BCUT2D eigenvalue weighted by Crippen LogP contribution is -2.39. The molecule has 6 heteroatoms. The zero-order valence-corrected chi connectivity index (χ0v) is 14.8. The van der Waals surface area contributed by atoms with E-state index in [0.717, 1.165) is 31.0 Å². The van der Waals surface area contributed by atoms with Crippen molar-refractivity contribution in [2.75, 3.05) is 24.5 Å². The summed E-state index contributed by atoms with van der Waals surface area (Å²) in [6.45, 7) is 1.40. The Kier molecular flexibility index (Phi) is 4.64. The molecule has 2 aromatic carbocycles. The third kappa shape index (κ3) is 3.56. The second-order valence-corrected chi connectivity index (χ2v) is 7.13. The van der Waals surface area contributed by atoms with E-state index >= 15 is 0 Å². The molecule has 2 heterocycles. The summed E-state index contributed by atoms with van der Waals surface area (Å²) in [6, 6.07) is 11.2. The lowest BCUT2D eigenvalue weighted by Gasteiger charge is -2.24. The molecule has 2 aliphatic rings. The number of benzene rings is 2. The van der Waals surface area contributed by atoms with Crippen molar-refractivity contribution in [1.82, 2.24) is 4.90 Å². The molecule has 4 rings (SSSR count). The van der Waals surface area contributed by atoms with Gasteiger partial charge in [-0.05, 0) is 36.1 Å². The van der Waals surface area contributed by atoms with Crippen molar-refractivity contribution < 1.29 is 18.4 Å². The van der Waals surface area contributed by atoms with Crippen LogP contribution in [0.1, 0.15) is 17.5 Å². The Bertz CT molecular complexity index is 852. The van der Waals surface area contributed by atoms with E-state index in [1.165, 1.54) is 16.0 Å². The first-order chi connectivity index (χ1) is 13.0. The molecule has 1 atom stereocenters. The minimum Gasteiger partial charge on any atom is -0.342 e. The Hall–Kier alpha value is -2.76. The molecule has 27 heavy (non-hydrogen) atoms. The van der Waals surface area contributed by atoms with Crippen LogP contribution in [-0.2, 0) is 22.4 Å². The van der Waals surface area contributed by atoms with Gasteiger partial charge in [-0.25, -0.2) is 8.78 Å². The average Bonchev–Trinajstić information content (AvgIpc) is 2.90. The molecule has 4 nitrogen and oxygen atoms in total. The molecule has 2 aromatic rings. The lowest BCUT2D eigenvalue weighted by atomic mass is 10.0. The second-order valence-electron chi connectivity index (χ2n) is 7.13. The number of carbonyl (C=O) groups excluding carboxylic acids is 2. The maximum atomic E-state index is 13.5. The summed E-state index contributed by atoms with van der Waals surface area (Å²) in [7, 11) is 0. The molecule has 2 amide bonds. The molecular weight excluding hydrogens is 350 g/mol. The number of amides is 2. The molecule has 0 spiro atoms. The summed E-state index contributed by atoms with van der Waals surface area (Å²) in [5.74, 6) is -2.30. The molecule has 1 fully saturated rings. The topological polar surface area (TPSA) is 40.6 Å². The Balaban J connectivity index is 1.47. The highest BCUT2D eigenvalue weighted by Crippen LogP contribution is 2.28. The van der Waals surface area contributed by atoms with Crippen molar-refractivity contribution in [3.8, 4) is 0 Å². The van der Waals surface area contributed by atoms with Crippen LogP contribution in [0.5, 0.6) is 0 Å². The number of hydrogen-bond acceptors (Lipinski definition) is 2. The van der Waals surface area contributed by atoms with E-state index < -0.39 is 17.6 Å². The molecule has 2 aliphatic heterocycles. The van der Waals surface area contributed by atoms with Crippen LogP contribution in [0.3, 0.4) is 0 Å². The van der Waals surface area contributed by atoms with E-state index in [1.807, 2.05) is 17.0 Å². The van der Waals surface area contributed by atoms with Crippen molar-refractivity contribution in [3.63, 3.8) is 0 Å². The average molecular weight is 370 g/mol. The van der Waals surface area contributed by atoms with E-state index in [1.54, 1.807) is 0 Å². The second kappa shape index (κ2) is 7.10. The van der Waals surface area contributed by atoms with Crippen LogP contribution >= 0.6 is 0 Å². The fourth-order valence-corrected chi connectivity index (χ4v) is 3.96. The first kappa shape index (κ1) is 17.6. The minimum atomic E-state index is -0.738.